The van der Waals surface area contributed by atoms with Gasteiger partial charge in [-0.25, -0.2) is 0 Å². The summed E-state index contributed by atoms with van der Waals surface area (Å²) < 4.78 is 10.1. The van der Waals surface area contributed by atoms with Crippen molar-refractivity contribution in [2.24, 2.45) is 0 Å². The van der Waals surface area contributed by atoms with Gasteiger partial charge in [0.15, 0.2) is 0 Å². The van der Waals surface area contributed by atoms with E-state index < -0.39 is 0 Å². The molecule has 3 heteroatoms. The standard InChI is InChI=1S/CH4FNO/c1-3-4-2/h3H,1H3. The molecule has 0 aliphatic rings. The second-order valence-corrected chi connectivity index (χ2v) is 0.281. The Morgan fingerprint density at radius 3 is 2.25 bits per heavy atom. The second kappa shape index (κ2) is 2.85. The fourth-order valence-corrected chi connectivity index (χ4v) is 0. The van der Waals surface area contributed by atoms with Gasteiger partial charge in [0, 0.05) is 7.05 Å². The number of hydroxylamine groups is 1. The molecule has 0 atom stereocenters. The Morgan fingerprint density at radius 1 is 2.00 bits per heavy atom. The molecule has 0 unspecified atom stereocenters. The average Bonchev–Trinajstić information content (AvgIpc) is 1.37. The quantitative estimate of drug-likeness (QED) is 0.435. The lowest BCUT2D eigenvalue weighted by Crippen LogP contribution is -1.96. The van der Waals surface area contributed by atoms with E-state index in [9.17, 15) is 4.53 Å². The minimum atomic E-state index is 1.33. The highest BCUT2D eigenvalue weighted by molar-refractivity contribution is 3.69. The molecule has 0 bridgehead atoms. The van der Waals surface area contributed by atoms with E-state index in [1.807, 2.05) is 0 Å². The summed E-state index contributed by atoms with van der Waals surface area (Å²) in [5, 5.41) is 2.79. The third-order valence-corrected chi connectivity index (χ3v) is 0.0772. The molecule has 26 valence electrons. The molecule has 0 amide bonds. The molecule has 0 radical (unpaired) electrons. The molecule has 0 aliphatic carbocycles. The molecule has 0 rings (SSSR count). The van der Waals surface area contributed by atoms with Gasteiger partial charge in [-0.05, 0) is 4.53 Å². The minimum Gasteiger partial charge on any atom is -0.168 e. The van der Waals surface area contributed by atoms with Crippen molar-refractivity contribution in [3.8, 4) is 0 Å². The van der Waals surface area contributed by atoms with Crippen LogP contribution in [0.5, 0.6) is 0 Å². The summed E-state index contributed by atoms with van der Waals surface area (Å²) in [6.45, 7) is 0. The lowest BCUT2D eigenvalue weighted by Gasteiger charge is -1.72. The van der Waals surface area contributed by atoms with Crippen molar-refractivity contribution >= 4 is 0 Å². The summed E-state index contributed by atoms with van der Waals surface area (Å²) in [6, 6.07) is 0. The Bertz CT molecular complexity index is 10.0. The zero-order chi connectivity index (χ0) is 3.41. The molecular weight excluding hydrogens is 61.0 g/mol. The van der Waals surface area contributed by atoms with Crippen LogP contribution in [0.3, 0.4) is 0 Å². The topological polar surface area (TPSA) is 21.3 Å². The Hall–Kier alpha value is -0.150. The van der Waals surface area contributed by atoms with Gasteiger partial charge in [-0.2, -0.15) is 5.48 Å². The first-order valence-corrected chi connectivity index (χ1v) is 0.858. The van der Waals surface area contributed by atoms with E-state index in [2.05, 4.69) is 5.04 Å². The number of rotatable bonds is 1. The highest BCUT2D eigenvalue weighted by atomic mass is 19.3. The van der Waals surface area contributed by atoms with E-state index in [1.54, 1.807) is 5.48 Å². The van der Waals surface area contributed by atoms with Gasteiger partial charge in [0.1, 0.15) is 0 Å². The Kier molecular flexibility index (Phi) is 2.74. The van der Waals surface area contributed by atoms with Gasteiger partial charge in [0.25, 0.3) is 0 Å². The predicted octanol–water partition coefficient (Wildman–Crippen LogP) is 0.0219. The molecule has 2 nitrogen and oxygen atoms in total. The van der Waals surface area contributed by atoms with Crippen LogP contribution in [0.15, 0.2) is 0 Å². The lowest BCUT2D eigenvalue weighted by atomic mass is 11.6. The van der Waals surface area contributed by atoms with Crippen molar-refractivity contribution < 1.29 is 9.57 Å². The number of hydrogen-bond acceptors (Lipinski definition) is 2. The molecule has 0 saturated heterocycles. The Balaban J connectivity index is 1.97. The van der Waals surface area contributed by atoms with Crippen molar-refractivity contribution in [1.29, 1.82) is 0 Å². The smallest absolute Gasteiger partial charge is 0.0128 e. The molecule has 0 aromatic heterocycles. The van der Waals surface area contributed by atoms with Gasteiger partial charge in [0.2, 0.25) is 0 Å². The first kappa shape index (κ1) is 3.85. The lowest BCUT2D eigenvalue weighted by molar-refractivity contribution is -0.184. The highest BCUT2D eigenvalue weighted by Gasteiger charge is 1.52. The van der Waals surface area contributed by atoms with E-state index in [1.165, 1.54) is 7.05 Å². The zero-order valence-corrected chi connectivity index (χ0v) is 2.29. The summed E-state index contributed by atoms with van der Waals surface area (Å²) in [4.78, 5) is 0. The Labute approximate surface area is 23.4 Å². The summed E-state index contributed by atoms with van der Waals surface area (Å²) in [7, 11) is 1.33. The molecule has 0 aromatic carbocycles. The van der Waals surface area contributed by atoms with E-state index in [0.29, 0.717) is 0 Å². The predicted molar refractivity (Wildman–Crippen MR) is 11.3 cm³/mol. The van der Waals surface area contributed by atoms with E-state index in [0.717, 1.165) is 0 Å². The first-order chi connectivity index (χ1) is 1.91. The third-order valence-electron chi connectivity index (χ3n) is 0.0772. The van der Waals surface area contributed by atoms with Crippen molar-refractivity contribution in [3.05, 3.63) is 0 Å². The van der Waals surface area contributed by atoms with E-state index in [-0.39, 0.29) is 0 Å². The summed E-state index contributed by atoms with van der Waals surface area (Å²) in [6.07, 6.45) is 0. The largest absolute Gasteiger partial charge is 0.168 e. The molecular formula is CH4FNO. The molecule has 0 spiro atoms. The van der Waals surface area contributed by atoms with Gasteiger partial charge >= 0.3 is 0 Å². The summed E-state index contributed by atoms with van der Waals surface area (Å²) in [5.74, 6) is 0. The van der Waals surface area contributed by atoms with Crippen molar-refractivity contribution in [2.45, 2.75) is 0 Å². The van der Waals surface area contributed by atoms with Crippen LogP contribution >= 0.6 is 0 Å². The molecule has 4 heavy (non-hydrogen) atoms. The molecule has 0 fully saturated rings. The first-order valence-electron chi connectivity index (χ1n) is 0.858. The summed E-state index contributed by atoms with van der Waals surface area (Å²) >= 11 is 0. The molecule has 0 aromatic rings. The van der Waals surface area contributed by atoms with Gasteiger partial charge in [-0.15, -0.1) is 0 Å². The molecule has 1 N–H and O–H groups in total. The van der Waals surface area contributed by atoms with Crippen molar-refractivity contribution in [2.75, 3.05) is 7.05 Å². The molecule has 0 saturated carbocycles. The monoisotopic (exact) mass is 65.0 g/mol. The maximum Gasteiger partial charge on any atom is 0.0128 e. The van der Waals surface area contributed by atoms with Crippen molar-refractivity contribution in [1.82, 2.24) is 5.48 Å². The van der Waals surface area contributed by atoms with E-state index in [4.69, 9.17) is 0 Å². The number of halogens is 1. The third kappa shape index (κ3) is 1.85. The van der Waals surface area contributed by atoms with Gasteiger partial charge in [0.05, 0.1) is 0 Å². The fourth-order valence-electron chi connectivity index (χ4n) is 0. The number of hydrogen-bond donors (Lipinski definition) is 1. The average molecular weight is 65.0 g/mol. The van der Waals surface area contributed by atoms with Crippen LogP contribution in [-0.2, 0) is 5.04 Å². The van der Waals surface area contributed by atoms with Crippen LogP contribution < -0.4 is 5.48 Å². The van der Waals surface area contributed by atoms with Crippen LogP contribution in [0.4, 0.5) is 4.53 Å². The zero-order valence-electron chi connectivity index (χ0n) is 2.29. The summed E-state index contributed by atoms with van der Waals surface area (Å²) in [5.41, 5.74) is 1.76. The Morgan fingerprint density at radius 2 is 2.25 bits per heavy atom. The molecule has 0 heterocycles. The van der Waals surface area contributed by atoms with Gasteiger partial charge in [-0.3, -0.25) is 0 Å². The van der Waals surface area contributed by atoms with Crippen molar-refractivity contribution in [3.63, 3.8) is 0 Å². The second-order valence-electron chi connectivity index (χ2n) is 0.281. The number of nitrogens with one attached hydrogen (secondary N) is 1. The maximum atomic E-state index is 10.1. The maximum absolute atomic E-state index is 10.1. The van der Waals surface area contributed by atoms with E-state index >= 15 is 0 Å². The van der Waals surface area contributed by atoms with Crippen LogP contribution in [0.25, 0.3) is 0 Å². The van der Waals surface area contributed by atoms with Crippen LogP contribution in [0.2, 0.25) is 0 Å². The normalized spacial score (nSPS) is 7.50. The van der Waals surface area contributed by atoms with Gasteiger partial charge < -0.3 is 0 Å². The van der Waals surface area contributed by atoms with Crippen LogP contribution in [0.1, 0.15) is 0 Å². The molecule has 0 aliphatic heterocycles. The SMILES string of the molecule is CNOF. The van der Waals surface area contributed by atoms with Gasteiger partial charge in [-0.1, -0.05) is 5.04 Å². The fraction of sp³-hybridized carbons (Fsp3) is 1.00. The van der Waals surface area contributed by atoms with Crippen LogP contribution in [0, 0.1) is 0 Å². The van der Waals surface area contributed by atoms with Crippen LogP contribution in [-0.4, -0.2) is 7.05 Å². The minimum absolute atomic E-state index is 1.33. The highest BCUT2D eigenvalue weighted by Crippen LogP contribution is 1.49.